The second-order valence-electron chi connectivity index (χ2n) is 8.16. The van der Waals surface area contributed by atoms with Gasteiger partial charge in [0.05, 0.1) is 16.7 Å². The van der Waals surface area contributed by atoms with E-state index in [1.165, 1.54) is 6.92 Å². The highest BCUT2D eigenvalue weighted by molar-refractivity contribution is 5.90. The highest BCUT2D eigenvalue weighted by atomic mass is 16.7. The molecule has 35 heavy (non-hydrogen) atoms. The maximum atomic E-state index is 12.7. The third-order valence-corrected chi connectivity index (χ3v) is 5.54. The molecule has 3 aromatic rings. The zero-order chi connectivity index (χ0) is 24.8. The SMILES string of the molecule is C[C@]1(O)C(OC(=O)c2ccccc2)OC(COC(=O)c2ccccc2)C1OC(=O)c1ccccc1. The average Bonchev–Trinajstić information content (AvgIpc) is 3.12. The summed E-state index contributed by atoms with van der Waals surface area (Å²) in [5.41, 5.74) is -1.10. The summed E-state index contributed by atoms with van der Waals surface area (Å²) in [5.74, 6) is -2.06. The fourth-order valence-electron chi connectivity index (χ4n) is 3.66. The smallest absolute Gasteiger partial charge is 0.340 e. The van der Waals surface area contributed by atoms with Crippen molar-refractivity contribution in [3.8, 4) is 0 Å². The second kappa shape index (κ2) is 10.5. The Morgan fingerprint density at radius 3 is 1.66 bits per heavy atom. The molecule has 1 heterocycles. The van der Waals surface area contributed by atoms with Crippen LogP contribution in [0.5, 0.6) is 0 Å². The van der Waals surface area contributed by atoms with Gasteiger partial charge in [-0.3, -0.25) is 0 Å². The normalized spacial score (nSPS) is 23.3. The van der Waals surface area contributed by atoms with Crippen LogP contribution in [0.4, 0.5) is 0 Å². The first-order valence-electron chi connectivity index (χ1n) is 11.0. The van der Waals surface area contributed by atoms with Crippen LogP contribution in [0.1, 0.15) is 38.0 Å². The largest absolute Gasteiger partial charge is 0.459 e. The molecular formula is C27H24O8. The molecule has 1 saturated heterocycles. The fourth-order valence-corrected chi connectivity index (χ4v) is 3.66. The first-order valence-corrected chi connectivity index (χ1v) is 11.0. The molecule has 0 aliphatic carbocycles. The zero-order valence-corrected chi connectivity index (χ0v) is 18.9. The molecule has 1 N–H and O–H groups in total. The Morgan fingerprint density at radius 1 is 0.743 bits per heavy atom. The number of hydrogen-bond donors (Lipinski definition) is 1. The standard InChI is InChI=1S/C27H24O8/c1-27(31)22(34-24(29)19-13-7-3-8-14-19)21(17-32-23(28)18-11-5-2-6-12-18)33-26(27)35-25(30)20-15-9-4-10-16-20/h2-16,21-22,26,31H,17H2,1H3/t21?,22?,26?,27-/m1/s1. The van der Waals surface area contributed by atoms with E-state index >= 15 is 0 Å². The van der Waals surface area contributed by atoms with Crippen molar-refractivity contribution in [2.45, 2.75) is 31.0 Å². The monoisotopic (exact) mass is 476 g/mol. The minimum Gasteiger partial charge on any atom is -0.459 e. The van der Waals surface area contributed by atoms with Crippen molar-refractivity contribution in [3.63, 3.8) is 0 Å². The summed E-state index contributed by atoms with van der Waals surface area (Å²) in [6.07, 6.45) is -3.88. The van der Waals surface area contributed by atoms with Gasteiger partial charge in [-0.2, -0.15) is 0 Å². The number of carbonyl (C=O) groups excluding carboxylic acids is 3. The Kier molecular flexibility index (Phi) is 7.24. The van der Waals surface area contributed by atoms with Crippen molar-refractivity contribution in [3.05, 3.63) is 108 Å². The highest BCUT2D eigenvalue weighted by Gasteiger charge is 2.57. The van der Waals surface area contributed by atoms with Gasteiger partial charge in [0.15, 0.2) is 11.7 Å². The van der Waals surface area contributed by atoms with Gasteiger partial charge < -0.3 is 24.1 Å². The van der Waals surface area contributed by atoms with Crippen molar-refractivity contribution in [2.75, 3.05) is 6.61 Å². The summed E-state index contributed by atoms with van der Waals surface area (Å²) in [6.45, 7) is 0.980. The predicted octanol–water partition coefficient (Wildman–Crippen LogP) is 3.40. The third-order valence-electron chi connectivity index (χ3n) is 5.54. The van der Waals surface area contributed by atoms with E-state index < -0.39 is 42.0 Å². The van der Waals surface area contributed by atoms with E-state index in [1.807, 2.05) is 0 Å². The van der Waals surface area contributed by atoms with Gasteiger partial charge in [0.25, 0.3) is 0 Å². The number of carbonyl (C=O) groups is 3. The lowest BCUT2D eigenvalue weighted by Gasteiger charge is -2.29. The highest BCUT2D eigenvalue weighted by Crippen LogP contribution is 2.35. The molecule has 3 aromatic carbocycles. The molecular weight excluding hydrogens is 452 g/mol. The van der Waals surface area contributed by atoms with Crippen molar-refractivity contribution in [1.29, 1.82) is 0 Å². The molecule has 4 rings (SSSR count). The summed E-state index contributed by atoms with van der Waals surface area (Å²) in [5, 5.41) is 11.2. The topological polar surface area (TPSA) is 108 Å². The van der Waals surface area contributed by atoms with Crippen LogP contribution in [-0.4, -0.2) is 53.7 Å². The van der Waals surface area contributed by atoms with Crippen molar-refractivity contribution >= 4 is 17.9 Å². The van der Waals surface area contributed by atoms with E-state index in [0.29, 0.717) is 5.56 Å². The van der Waals surface area contributed by atoms with E-state index in [2.05, 4.69) is 0 Å². The van der Waals surface area contributed by atoms with Gasteiger partial charge in [0, 0.05) is 0 Å². The van der Waals surface area contributed by atoms with Crippen LogP contribution in [0.15, 0.2) is 91.0 Å². The second-order valence-corrected chi connectivity index (χ2v) is 8.16. The first kappa shape index (κ1) is 24.1. The van der Waals surface area contributed by atoms with Crippen LogP contribution in [0.3, 0.4) is 0 Å². The molecule has 1 aliphatic rings. The molecule has 3 unspecified atom stereocenters. The zero-order valence-electron chi connectivity index (χ0n) is 18.9. The predicted molar refractivity (Wildman–Crippen MR) is 124 cm³/mol. The summed E-state index contributed by atoms with van der Waals surface area (Å²) in [4.78, 5) is 37.8. The van der Waals surface area contributed by atoms with Crippen LogP contribution >= 0.6 is 0 Å². The van der Waals surface area contributed by atoms with E-state index in [4.69, 9.17) is 18.9 Å². The summed E-state index contributed by atoms with van der Waals surface area (Å²) >= 11 is 0. The lowest BCUT2D eigenvalue weighted by Crippen LogP contribution is -2.49. The van der Waals surface area contributed by atoms with E-state index in [-0.39, 0.29) is 17.7 Å². The Hall–Kier alpha value is -4.01. The van der Waals surface area contributed by atoms with Crippen molar-refractivity contribution in [2.24, 2.45) is 0 Å². The third kappa shape index (κ3) is 5.56. The van der Waals surface area contributed by atoms with Gasteiger partial charge in [0.2, 0.25) is 6.29 Å². The number of hydrogen-bond acceptors (Lipinski definition) is 8. The quantitative estimate of drug-likeness (QED) is 0.408. The number of rotatable bonds is 7. The van der Waals surface area contributed by atoms with Crippen LogP contribution in [0.2, 0.25) is 0 Å². The Labute approximate surface area is 202 Å². The molecule has 4 atom stereocenters. The van der Waals surface area contributed by atoms with Crippen LogP contribution in [-0.2, 0) is 18.9 Å². The number of aliphatic hydroxyl groups is 1. The summed E-state index contributed by atoms with van der Waals surface area (Å²) < 4.78 is 22.1. The minimum absolute atomic E-state index is 0.253. The van der Waals surface area contributed by atoms with Gasteiger partial charge in [0.1, 0.15) is 12.7 Å². The van der Waals surface area contributed by atoms with Crippen molar-refractivity contribution < 1.29 is 38.4 Å². The molecule has 8 heteroatoms. The van der Waals surface area contributed by atoms with E-state index in [0.717, 1.165) is 0 Å². The Morgan fingerprint density at radius 2 is 1.17 bits per heavy atom. The van der Waals surface area contributed by atoms with Crippen LogP contribution in [0.25, 0.3) is 0 Å². The molecule has 0 radical (unpaired) electrons. The minimum atomic E-state index is -1.93. The molecule has 8 nitrogen and oxygen atoms in total. The molecule has 0 bridgehead atoms. The molecule has 0 amide bonds. The number of ether oxygens (including phenoxy) is 4. The molecule has 1 fully saturated rings. The molecule has 0 aromatic heterocycles. The molecule has 0 spiro atoms. The van der Waals surface area contributed by atoms with Gasteiger partial charge in [-0.1, -0.05) is 54.6 Å². The van der Waals surface area contributed by atoms with E-state index in [1.54, 1.807) is 91.0 Å². The molecule has 1 aliphatic heterocycles. The number of esters is 3. The maximum absolute atomic E-state index is 12.7. The molecule has 0 saturated carbocycles. The number of benzene rings is 3. The lowest BCUT2D eigenvalue weighted by atomic mass is 9.97. The van der Waals surface area contributed by atoms with Crippen molar-refractivity contribution in [1.82, 2.24) is 0 Å². The summed E-state index contributed by atoms with van der Waals surface area (Å²) in [6, 6.07) is 24.7. The van der Waals surface area contributed by atoms with Gasteiger partial charge in [-0.15, -0.1) is 0 Å². The summed E-state index contributed by atoms with van der Waals surface area (Å²) in [7, 11) is 0. The maximum Gasteiger partial charge on any atom is 0.340 e. The van der Waals surface area contributed by atoms with Gasteiger partial charge in [-0.25, -0.2) is 14.4 Å². The van der Waals surface area contributed by atoms with Gasteiger partial charge in [-0.05, 0) is 43.3 Å². The average molecular weight is 476 g/mol. The fraction of sp³-hybridized carbons (Fsp3) is 0.222. The molecule has 180 valence electrons. The van der Waals surface area contributed by atoms with Gasteiger partial charge >= 0.3 is 17.9 Å². The Balaban J connectivity index is 1.53. The Bertz CT molecular complexity index is 1160. The van der Waals surface area contributed by atoms with Crippen LogP contribution in [0, 0.1) is 0 Å². The van der Waals surface area contributed by atoms with E-state index in [9.17, 15) is 19.5 Å². The first-order chi connectivity index (χ1) is 16.9. The van der Waals surface area contributed by atoms with Crippen LogP contribution < -0.4 is 0 Å². The lowest BCUT2D eigenvalue weighted by molar-refractivity contribution is -0.173.